The first-order valence-corrected chi connectivity index (χ1v) is 12.9. The van der Waals surface area contributed by atoms with Crippen LogP contribution >= 0.6 is 7.26 Å². The van der Waals surface area contributed by atoms with Gasteiger partial charge in [0, 0.05) is 7.05 Å². The van der Waals surface area contributed by atoms with Crippen LogP contribution in [0.15, 0.2) is 91.0 Å². The summed E-state index contributed by atoms with van der Waals surface area (Å²) in [6, 6.07) is 33.7. The molecule has 166 valence electrons. The number of hydrogen-bond donors (Lipinski definition) is 1. The summed E-state index contributed by atoms with van der Waals surface area (Å²) in [5.74, 6) is 0. The minimum absolute atomic E-state index is 0. The second-order valence-electron chi connectivity index (χ2n) is 7.36. The van der Waals surface area contributed by atoms with Crippen molar-refractivity contribution in [3.8, 4) is 0 Å². The van der Waals surface area contributed by atoms with Gasteiger partial charge in [0.1, 0.15) is 23.2 Å². The molecular weight excluding hydrogens is 465 g/mol. The highest BCUT2D eigenvalue weighted by atomic mass is 79.9. The molecule has 1 amide bonds. The maximum atomic E-state index is 9.06. The molecule has 0 saturated heterocycles. The maximum Gasteiger partial charge on any atom is 0.206 e. The molecule has 0 aliphatic carbocycles. The standard InChI is InChI=1S/C25H30P.C2H5NO.BrH/c1-2-3-4-5-15-22-26(23-16-9-6-10-17-23,24-18-11-7-12-19-24)25-20-13-8-14-21-25;1-3-2-4;/h6-14,16-21H,2-5,15,22H2,1H3;2H,1H3,(H,3,4);1H/q+1;;/p-1. The molecule has 3 aromatic carbocycles. The van der Waals surface area contributed by atoms with Crippen LogP contribution < -0.4 is 38.2 Å². The van der Waals surface area contributed by atoms with Gasteiger partial charge < -0.3 is 22.3 Å². The normalized spacial score (nSPS) is 10.3. The molecule has 0 radical (unpaired) electrons. The predicted octanol–water partition coefficient (Wildman–Crippen LogP) is 2.32. The quantitative estimate of drug-likeness (QED) is 0.259. The summed E-state index contributed by atoms with van der Waals surface area (Å²) >= 11 is 0. The average molecular weight is 500 g/mol. The van der Waals surface area contributed by atoms with Crippen molar-refractivity contribution in [2.24, 2.45) is 0 Å². The zero-order valence-electron chi connectivity index (χ0n) is 18.7. The second-order valence-corrected chi connectivity index (χ2v) is 11.0. The highest BCUT2D eigenvalue weighted by Gasteiger charge is 2.44. The van der Waals surface area contributed by atoms with Gasteiger partial charge in [0.15, 0.2) is 0 Å². The summed E-state index contributed by atoms with van der Waals surface area (Å²) in [6.07, 6.45) is 8.53. The van der Waals surface area contributed by atoms with Crippen molar-refractivity contribution in [1.82, 2.24) is 5.32 Å². The number of unbranched alkanes of at least 4 members (excludes halogenated alkanes) is 4. The van der Waals surface area contributed by atoms with Gasteiger partial charge in [-0.05, 0) is 49.2 Å². The Balaban J connectivity index is 0.000000885. The van der Waals surface area contributed by atoms with E-state index in [9.17, 15) is 0 Å². The van der Waals surface area contributed by atoms with Gasteiger partial charge >= 0.3 is 0 Å². The topological polar surface area (TPSA) is 29.1 Å². The first-order valence-electron chi connectivity index (χ1n) is 11.0. The van der Waals surface area contributed by atoms with Gasteiger partial charge in [-0.2, -0.15) is 0 Å². The van der Waals surface area contributed by atoms with Crippen LogP contribution in [0, 0.1) is 0 Å². The third-order valence-corrected chi connectivity index (χ3v) is 9.83. The molecule has 0 unspecified atom stereocenters. The molecule has 0 heterocycles. The Labute approximate surface area is 199 Å². The SMILES string of the molecule is CCCCCCC[P+](c1ccccc1)(c1ccccc1)c1ccccc1.CNC=O.[Br-]. The van der Waals surface area contributed by atoms with Gasteiger partial charge in [-0.1, -0.05) is 80.8 Å². The Morgan fingerprint density at radius 3 is 1.35 bits per heavy atom. The fourth-order valence-corrected chi connectivity index (χ4v) is 8.24. The molecular formula is C27H35BrNOP. The highest BCUT2D eigenvalue weighted by molar-refractivity contribution is 7.95. The molecule has 3 aromatic rings. The van der Waals surface area contributed by atoms with Gasteiger partial charge in [0.25, 0.3) is 0 Å². The van der Waals surface area contributed by atoms with Crippen molar-refractivity contribution < 1.29 is 21.8 Å². The lowest BCUT2D eigenvalue weighted by atomic mass is 10.2. The van der Waals surface area contributed by atoms with Crippen molar-refractivity contribution in [2.75, 3.05) is 13.2 Å². The van der Waals surface area contributed by atoms with Crippen molar-refractivity contribution in [3.05, 3.63) is 91.0 Å². The molecule has 4 heteroatoms. The van der Waals surface area contributed by atoms with E-state index in [0.29, 0.717) is 6.41 Å². The third kappa shape index (κ3) is 7.91. The van der Waals surface area contributed by atoms with Gasteiger partial charge in [0.05, 0.1) is 6.16 Å². The summed E-state index contributed by atoms with van der Waals surface area (Å²) in [6.45, 7) is 2.29. The Morgan fingerprint density at radius 1 is 0.677 bits per heavy atom. The van der Waals surface area contributed by atoms with Crippen LogP contribution in [0.4, 0.5) is 0 Å². The zero-order chi connectivity index (χ0) is 21.5. The van der Waals surface area contributed by atoms with Crippen molar-refractivity contribution >= 4 is 29.6 Å². The fourth-order valence-electron chi connectivity index (χ4n) is 3.83. The Hall–Kier alpha value is -1.96. The summed E-state index contributed by atoms with van der Waals surface area (Å²) in [7, 11) is -0.0394. The van der Waals surface area contributed by atoms with Crippen LogP contribution in [0.5, 0.6) is 0 Å². The van der Waals surface area contributed by atoms with Gasteiger partial charge in [-0.3, -0.25) is 4.79 Å². The molecule has 0 aromatic heterocycles. The Kier molecular flexibility index (Phi) is 13.8. The number of carbonyl (C=O) groups is 1. The van der Waals surface area contributed by atoms with E-state index < -0.39 is 7.26 Å². The molecule has 0 spiro atoms. The van der Waals surface area contributed by atoms with Crippen molar-refractivity contribution in [1.29, 1.82) is 0 Å². The van der Waals surface area contributed by atoms with Crippen molar-refractivity contribution in [2.45, 2.75) is 39.0 Å². The van der Waals surface area contributed by atoms with Crippen LogP contribution in [0.25, 0.3) is 0 Å². The van der Waals surface area contributed by atoms with Crippen LogP contribution in [0.1, 0.15) is 39.0 Å². The molecule has 2 nitrogen and oxygen atoms in total. The smallest absolute Gasteiger partial charge is 0.206 e. The van der Waals surface area contributed by atoms with E-state index >= 15 is 0 Å². The van der Waals surface area contributed by atoms with Crippen LogP contribution in [0.2, 0.25) is 0 Å². The lowest BCUT2D eigenvalue weighted by Gasteiger charge is -2.27. The molecule has 1 N–H and O–H groups in total. The monoisotopic (exact) mass is 499 g/mol. The highest BCUT2D eigenvalue weighted by Crippen LogP contribution is 2.55. The summed E-state index contributed by atoms with van der Waals surface area (Å²) in [5.41, 5.74) is 0. The summed E-state index contributed by atoms with van der Waals surface area (Å²) in [4.78, 5) is 9.06. The van der Waals surface area contributed by atoms with E-state index in [1.165, 1.54) is 54.2 Å². The summed E-state index contributed by atoms with van der Waals surface area (Å²) in [5, 5.41) is 6.77. The molecule has 0 aliphatic rings. The number of carbonyl (C=O) groups excluding carboxylic acids is 1. The van der Waals surface area contributed by atoms with Crippen LogP contribution in [-0.2, 0) is 4.79 Å². The first-order chi connectivity index (χ1) is 14.8. The lowest BCUT2D eigenvalue weighted by Crippen LogP contribution is -3.00. The van der Waals surface area contributed by atoms with Crippen LogP contribution in [0.3, 0.4) is 0 Å². The number of halogens is 1. The largest absolute Gasteiger partial charge is 1.00 e. The molecule has 0 bridgehead atoms. The van der Waals surface area contributed by atoms with E-state index in [1.54, 1.807) is 7.05 Å². The maximum absolute atomic E-state index is 9.06. The number of amides is 1. The molecule has 0 atom stereocenters. The average Bonchev–Trinajstić information content (AvgIpc) is 2.83. The predicted molar refractivity (Wildman–Crippen MR) is 134 cm³/mol. The van der Waals surface area contributed by atoms with E-state index in [0.717, 1.165) is 0 Å². The summed E-state index contributed by atoms with van der Waals surface area (Å²) < 4.78 is 0. The van der Waals surface area contributed by atoms with E-state index in [-0.39, 0.29) is 17.0 Å². The van der Waals surface area contributed by atoms with E-state index in [4.69, 9.17) is 4.79 Å². The first kappa shape index (κ1) is 27.1. The molecule has 31 heavy (non-hydrogen) atoms. The lowest BCUT2D eigenvalue weighted by molar-refractivity contribution is -0.109. The van der Waals surface area contributed by atoms with Gasteiger partial charge in [-0.25, -0.2) is 0 Å². The molecule has 0 aliphatic heterocycles. The molecule has 0 saturated carbocycles. The van der Waals surface area contributed by atoms with Crippen molar-refractivity contribution in [3.63, 3.8) is 0 Å². The van der Waals surface area contributed by atoms with E-state index in [2.05, 4.69) is 103 Å². The number of hydrogen-bond acceptors (Lipinski definition) is 1. The molecule has 3 rings (SSSR count). The Morgan fingerprint density at radius 2 is 1.03 bits per heavy atom. The van der Waals surface area contributed by atoms with Crippen LogP contribution in [-0.4, -0.2) is 19.6 Å². The fraction of sp³-hybridized carbons (Fsp3) is 0.296. The molecule has 0 fully saturated rings. The Bertz CT molecular complexity index is 731. The number of benzene rings is 3. The zero-order valence-corrected chi connectivity index (χ0v) is 21.2. The number of nitrogens with one attached hydrogen (secondary N) is 1. The third-order valence-electron chi connectivity index (χ3n) is 5.31. The van der Waals surface area contributed by atoms with Gasteiger partial charge in [0.2, 0.25) is 6.41 Å². The van der Waals surface area contributed by atoms with E-state index in [1.807, 2.05) is 0 Å². The second kappa shape index (κ2) is 15.8. The van der Waals surface area contributed by atoms with Gasteiger partial charge in [-0.15, -0.1) is 0 Å². The minimum atomic E-state index is -1.60. The minimum Gasteiger partial charge on any atom is -1.00 e. The number of rotatable bonds is 10.